The predicted octanol–water partition coefficient (Wildman–Crippen LogP) is 5.37. The van der Waals surface area contributed by atoms with Gasteiger partial charge in [0.1, 0.15) is 11.5 Å². The Morgan fingerprint density at radius 2 is 1.03 bits per heavy atom. The van der Waals surface area contributed by atoms with Gasteiger partial charge in [0.15, 0.2) is 0 Å². The Hall–Kier alpha value is -2.94. The molecule has 0 unspecified atom stereocenters. The highest BCUT2D eigenvalue weighted by Crippen LogP contribution is 2.26. The van der Waals surface area contributed by atoms with Gasteiger partial charge in [-0.2, -0.15) is 19.6 Å². The molecule has 2 aromatic carbocycles. The number of nitrogens with zero attached hydrogens (tertiary/aromatic N) is 8. The molecular weight excluding hydrogens is 573 g/mol. The molecule has 0 saturated heterocycles. The van der Waals surface area contributed by atoms with E-state index in [1.165, 1.54) is 23.5 Å². The molecule has 0 amide bonds. The maximum absolute atomic E-state index is 5.22. The summed E-state index contributed by atoms with van der Waals surface area (Å²) in [7, 11) is 3.30. The lowest BCUT2D eigenvalue weighted by Gasteiger charge is -2.04. The molecule has 0 aliphatic rings. The fraction of sp³-hybridized carbons (Fsp3) is 0.280. The van der Waals surface area contributed by atoms with Crippen LogP contribution in [0.15, 0.2) is 79.4 Å². The minimum absolute atomic E-state index is 0.740. The van der Waals surface area contributed by atoms with E-state index in [4.69, 9.17) is 9.47 Å². The lowest BCUT2D eigenvalue weighted by molar-refractivity contribution is 0.414. The number of aromatic nitrogens is 6. The van der Waals surface area contributed by atoms with E-state index < -0.39 is 0 Å². The van der Waals surface area contributed by atoms with Crippen LogP contribution in [0.3, 0.4) is 0 Å². The van der Waals surface area contributed by atoms with Crippen molar-refractivity contribution in [1.29, 1.82) is 0 Å². The largest absolute Gasteiger partial charge is 0.497 e. The van der Waals surface area contributed by atoms with Gasteiger partial charge in [0, 0.05) is 11.5 Å². The number of methoxy groups -OCH3 is 2. The van der Waals surface area contributed by atoms with Crippen molar-refractivity contribution in [3.63, 3.8) is 0 Å². The summed E-state index contributed by atoms with van der Waals surface area (Å²) in [6.07, 6.45) is 8.45. The van der Waals surface area contributed by atoms with E-state index in [1.54, 1.807) is 59.5 Å². The molecule has 0 radical (unpaired) electrons. The van der Waals surface area contributed by atoms with Crippen LogP contribution in [0.25, 0.3) is 0 Å². The zero-order valence-corrected chi connectivity index (χ0v) is 25.2. The average molecular weight is 601 g/mol. The van der Waals surface area contributed by atoms with Crippen molar-refractivity contribution in [2.75, 3.05) is 38.2 Å². The first-order valence-corrected chi connectivity index (χ1v) is 16.2. The molecule has 0 aliphatic heterocycles. The maximum Gasteiger partial charge on any atom is 0.212 e. The van der Waals surface area contributed by atoms with Crippen molar-refractivity contribution in [3.8, 4) is 11.5 Å². The highest BCUT2D eigenvalue weighted by molar-refractivity contribution is 8.00. The number of rotatable bonds is 14. The van der Waals surface area contributed by atoms with Gasteiger partial charge in [0.05, 0.1) is 26.6 Å². The van der Waals surface area contributed by atoms with Gasteiger partial charge >= 0.3 is 0 Å². The molecule has 14 heteroatoms. The zero-order chi connectivity index (χ0) is 27.5. The van der Waals surface area contributed by atoms with Crippen molar-refractivity contribution >= 4 is 59.5 Å². The molecule has 0 spiro atoms. The summed E-state index contributed by atoms with van der Waals surface area (Å²) >= 11 is 6.27. The second-order valence-electron chi connectivity index (χ2n) is 7.65. The number of hydrogen-bond donors (Lipinski definition) is 0. The van der Waals surface area contributed by atoms with Crippen LogP contribution in [-0.4, -0.2) is 80.4 Å². The summed E-state index contributed by atoms with van der Waals surface area (Å²) in [5, 5.41) is 29.4. The summed E-state index contributed by atoms with van der Waals surface area (Å²) in [6, 6.07) is 15.5. The van der Waals surface area contributed by atoms with Crippen LogP contribution < -0.4 is 9.47 Å². The third kappa shape index (κ3) is 8.03. The van der Waals surface area contributed by atoms with E-state index in [0.717, 1.165) is 61.2 Å². The third-order valence-corrected chi connectivity index (χ3v) is 8.41. The van der Waals surface area contributed by atoms with Crippen LogP contribution in [0.1, 0.15) is 17.5 Å². The first-order valence-electron chi connectivity index (χ1n) is 11.8. The predicted molar refractivity (Wildman–Crippen MR) is 162 cm³/mol. The van der Waals surface area contributed by atoms with E-state index in [0.29, 0.717) is 0 Å². The Balaban J connectivity index is 1.33. The van der Waals surface area contributed by atoms with Gasteiger partial charge in [0.25, 0.3) is 0 Å². The van der Waals surface area contributed by atoms with Gasteiger partial charge in [-0.3, -0.25) is 0 Å². The van der Waals surface area contributed by atoms with E-state index in [2.05, 4.69) is 30.6 Å². The average Bonchev–Trinajstić information content (AvgIpc) is 3.57. The molecule has 0 N–H and O–H groups in total. The molecule has 204 valence electrons. The normalized spacial score (nSPS) is 11.6. The summed E-state index contributed by atoms with van der Waals surface area (Å²) in [4.78, 5) is 0. The highest BCUT2D eigenvalue weighted by Gasteiger charge is 2.13. The van der Waals surface area contributed by atoms with Crippen LogP contribution in [0.2, 0.25) is 0 Å². The van der Waals surface area contributed by atoms with Crippen LogP contribution in [0.5, 0.6) is 11.5 Å². The molecule has 39 heavy (non-hydrogen) atoms. The van der Waals surface area contributed by atoms with Crippen molar-refractivity contribution < 1.29 is 9.47 Å². The van der Waals surface area contributed by atoms with Gasteiger partial charge in [-0.05, 0) is 78.6 Å². The smallest absolute Gasteiger partial charge is 0.212 e. The van der Waals surface area contributed by atoms with Gasteiger partial charge in [0.2, 0.25) is 20.6 Å². The SMILES string of the molecule is COc1ccc(/C=N/n2c(SC)nnc2SCCCSc2nnc(SC)n2/N=C/c2ccc(OC)cc2)cc1. The lowest BCUT2D eigenvalue weighted by Crippen LogP contribution is -1.98. The van der Waals surface area contributed by atoms with Gasteiger partial charge < -0.3 is 9.47 Å². The Kier molecular flexibility index (Phi) is 11.2. The van der Waals surface area contributed by atoms with E-state index in [1.807, 2.05) is 61.0 Å². The lowest BCUT2D eigenvalue weighted by atomic mass is 10.2. The van der Waals surface area contributed by atoms with Crippen molar-refractivity contribution in [3.05, 3.63) is 59.7 Å². The molecule has 0 atom stereocenters. The van der Waals surface area contributed by atoms with Gasteiger partial charge in [-0.25, -0.2) is 0 Å². The monoisotopic (exact) mass is 600 g/mol. The van der Waals surface area contributed by atoms with Crippen LogP contribution >= 0.6 is 47.0 Å². The third-order valence-electron chi connectivity index (χ3n) is 5.16. The van der Waals surface area contributed by atoms with Crippen molar-refractivity contribution in [2.24, 2.45) is 10.2 Å². The molecule has 4 rings (SSSR count). The van der Waals surface area contributed by atoms with E-state index >= 15 is 0 Å². The second kappa shape index (κ2) is 15.0. The second-order valence-corrected chi connectivity index (χ2v) is 11.3. The molecule has 0 aliphatic carbocycles. The minimum Gasteiger partial charge on any atom is -0.497 e. The number of ether oxygens (including phenoxy) is 2. The quantitative estimate of drug-likeness (QED) is 0.107. The van der Waals surface area contributed by atoms with Crippen LogP contribution in [0.4, 0.5) is 0 Å². The first-order chi connectivity index (χ1) is 19.1. The van der Waals surface area contributed by atoms with Crippen LogP contribution in [0, 0.1) is 0 Å². The van der Waals surface area contributed by atoms with E-state index in [9.17, 15) is 0 Å². The molecule has 4 aromatic rings. The number of benzene rings is 2. The van der Waals surface area contributed by atoms with Crippen molar-refractivity contribution in [1.82, 2.24) is 29.7 Å². The minimum atomic E-state index is 0.740. The zero-order valence-electron chi connectivity index (χ0n) is 21.9. The topological polar surface area (TPSA) is 105 Å². The van der Waals surface area contributed by atoms with Gasteiger partial charge in [-0.1, -0.05) is 47.0 Å². The molecule has 2 aromatic heterocycles. The number of thioether (sulfide) groups is 4. The Morgan fingerprint density at radius 3 is 1.38 bits per heavy atom. The van der Waals surface area contributed by atoms with Gasteiger partial charge in [-0.15, -0.1) is 20.4 Å². The number of hydrogen-bond acceptors (Lipinski definition) is 12. The molecule has 0 saturated carbocycles. The Morgan fingerprint density at radius 1 is 0.641 bits per heavy atom. The molecule has 0 fully saturated rings. The first kappa shape index (κ1) is 29.1. The molecule has 0 bridgehead atoms. The van der Waals surface area contributed by atoms with Crippen LogP contribution in [-0.2, 0) is 0 Å². The standard InChI is InChI=1S/C25H28N8O2S4/c1-34-20-10-6-18(7-11-20)16-26-32-22(36-3)28-30-24(32)38-14-5-15-39-25-31-29-23(37-4)33(25)27-17-19-8-12-21(35-2)13-9-19/h6-13,16-17H,5,14-15H2,1-4H3/b26-16+,27-17+. The maximum atomic E-state index is 5.22. The highest BCUT2D eigenvalue weighted by atomic mass is 32.2. The molecule has 2 heterocycles. The van der Waals surface area contributed by atoms with E-state index in [-0.39, 0.29) is 0 Å². The summed E-state index contributed by atoms with van der Waals surface area (Å²) in [5.41, 5.74) is 1.93. The molecule has 10 nitrogen and oxygen atoms in total. The Bertz CT molecular complexity index is 1280. The summed E-state index contributed by atoms with van der Waals surface area (Å²) in [6.45, 7) is 0. The Labute approximate surface area is 244 Å². The fourth-order valence-electron chi connectivity index (χ4n) is 3.15. The summed E-state index contributed by atoms with van der Waals surface area (Å²) < 4.78 is 14.0. The molecular formula is C25H28N8O2S4. The summed E-state index contributed by atoms with van der Waals surface area (Å²) in [5.74, 6) is 3.33. The fourth-order valence-corrected chi connectivity index (χ4v) is 5.96. The van der Waals surface area contributed by atoms with Crippen molar-refractivity contribution in [2.45, 2.75) is 27.0 Å².